The molecule has 2 rings (SSSR count). The van der Waals surface area contributed by atoms with E-state index < -0.39 is 10.5 Å². The molecule has 0 radical (unpaired) electrons. The van der Waals surface area contributed by atoms with E-state index in [9.17, 15) is 14.9 Å². The second kappa shape index (κ2) is 6.83. The zero-order chi connectivity index (χ0) is 20.6. The highest BCUT2D eigenvalue weighted by Crippen LogP contribution is 2.41. The Hall–Kier alpha value is -2.63. The first-order valence-electron chi connectivity index (χ1n) is 8.92. The molecule has 1 aliphatic rings. The highest BCUT2D eigenvalue weighted by molar-refractivity contribution is 6.11. The minimum absolute atomic E-state index is 0.0216. The van der Waals surface area contributed by atoms with Crippen LogP contribution in [0.3, 0.4) is 0 Å². The summed E-state index contributed by atoms with van der Waals surface area (Å²) in [6, 6.07) is 6.23. The molecule has 0 aromatic heterocycles. The molecule has 0 unspecified atom stereocenters. The first-order chi connectivity index (χ1) is 12.2. The van der Waals surface area contributed by atoms with Crippen molar-refractivity contribution in [3.05, 3.63) is 57.7 Å². The number of benzene rings is 1. The van der Waals surface area contributed by atoms with Crippen molar-refractivity contribution < 1.29 is 9.72 Å². The smallest absolute Gasteiger partial charge is 0.289 e. The quantitative estimate of drug-likeness (QED) is 0.374. The standard InChI is InChI=1S/C21H27N3O3/c1-19(2,3)14-12-21(7,13-15(18(14)25)20(4,5)6)23-22-16-10-8-9-11-17(16)24(26)27/h8-13H,1-7H3. The number of ketones is 1. The van der Waals surface area contributed by atoms with Crippen molar-refractivity contribution >= 4 is 17.2 Å². The summed E-state index contributed by atoms with van der Waals surface area (Å²) in [5.41, 5.74) is -0.107. The van der Waals surface area contributed by atoms with Gasteiger partial charge in [0.15, 0.2) is 11.5 Å². The Morgan fingerprint density at radius 1 is 0.963 bits per heavy atom. The fourth-order valence-corrected chi connectivity index (χ4v) is 2.94. The summed E-state index contributed by atoms with van der Waals surface area (Å²) in [4.78, 5) is 23.7. The average Bonchev–Trinajstić information content (AvgIpc) is 2.53. The lowest BCUT2D eigenvalue weighted by atomic mass is 9.69. The molecule has 0 fully saturated rings. The second-order valence-corrected chi connectivity index (χ2v) is 9.12. The second-order valence-electron chi connectivity index (χ2n) is 9.12. The number of para-hydroxylation sites is 1. The molecule has 1 aliphatic carbocycles. The van der Waals surface area contributed by atoms with Crippen LogP contribution in [-0.4, -0.2) is 16.2 Å². The van der Waals surface area contributed by atoms with Crippen molar-refractivity contribution in [2.24, 2.45) is 21.1 Å². The molecule has 0 bridgehead atoms. The molecular formula is C21H27N3O3. The Morgan fingerprint density at radius 2 is 1.44 bits per heavy atom. The molecule has 1 aromatic rings. The molecule has 0 N–H and O–H groups in total. The largest absolute Gasteiger partial charge is 0.296 e. The van der Waals surface area contributed by atoms with Gasteiger partial charge in [-0.05, 0) is 36.0 Å². The molecular weight excluding hydrogens is 342 g/mol. The first kappa shape index (κ1) is 20.7. The van der Waals surface area contributed by atoms with Gasteiger partial charge in [-0.25, -0.2) is 0 Å². The summed E-state index contributed by atoms with van der Waals surface area (Å²) in [6.07, 6.45) is 3.64. The third-order valence-electron chi connectivity index (χ3n) is 4.43. The summed E-state index contributed by atoms with van der Waals surface area (Å²) in [5.74, 6) is 0.0216. The van der Waals surface area contributed by atoms with Crippen molar-refractivity contribution in [2.75, 3.05) is 0 Å². The number of azo groups is 1. The van der Waals surface area contributed by atoms with Gasteiger partial charge in [-0.1, -0.05) is 53.7 Å². The van der Waals surface area contributed by atoms with E-state index in [0.29, 0.717) is 11.1 Å². The van der Waals surface area contributed by atoms with E-state index in [2.05, 4.69) is 10.2 Å². The van der Waals surface area contributed by atoms with E-state index in [1.54, 1.807) is 18.2 Å². The van der Waals surface area contributed by atoms with Gasteiger partial charge in [-0.3, -0.25) is 14.9 Å². The van der Waals surface area contributed by atoms with Crippen molar-refractivity contribution in [1.82, 2.24) is 0 Å². The van der Waals surface area contributed by atoms with Crippen LogP contribution in [0.2, 0.25) is 0 Å². The van der Waals surface area contributed by atoms with Crippen LogP contribution in [0.4, 0.5) is 11.4 Å². The van der Waals surface area contributed by atoms with Gasteiger partial charge in [-0.2, -0.15) is 5.11 Å². The summed E-state index contributed by atoms with van der Waals surface area (Å²) >= 11 is 0. The molecule has 0 aliphatic heterocycles. The van der Waals surface area contributed by atoms with Crippen LogP contribution in [0.15, 0.2) is 57.8 Å². The Bertz CT molecular complexity index is 831. The maximum atomic E-state index is 13.0. The van der Waals surface area contributed by atoms with E-state index >= 15 is 0 Å². The molecule has 0 saturated carbocycles. The number of nitrogens with zero attached hydrogens (tertiary/aromatic N) is 3. The maximum absolute atomic E-state index is 13.0. The molecule has 0 amide bonds. The summed E-state index contributed by atoms with van der Waals surface area (Å²) < 4.78 is 0. The summed E-state index contributed by atoms with van der Waals surface area (Å²) in [5, 5.41) is 19.8. The number of hydrogen-bond donors (Lipinski definition) is 0. The van der Waals surface area contributed by atoms with E-state index in [-0.39, 0.29) is 28.0 Å². The van der Waals surface area contributed by atoms with E-state index in [1.807, 2.05) is 60.6 Å². The summed E-state index contributed by atoms with van der Waals surface area (Å²) in [6.45, 7) is 13.8. The molecule has 0 saturated heterocycles. The zero-order valence-electron chi connectivity index (χ0n) is 17.0. The zero-order valence-corrected chi connectivity index (χ0v) is 17.0. The van der Waals surface area contributed by atoms with Crippen molar-refractivity contribution in [1.29, 1.82) is 0 Å². The number of allylic oxidation sites excluding steroid dienone is 2. The van der Waals surface area contributed by atoms with Gasteiger partial charge in [0.1, 0.15) is 5.54 Å². The fourth-order valence-electron chi connectivity index (χ4n) is 2.94. The van der Waals surface area contributed by atoms with Gasteiger partial charge < -0.3 is 0 Å². The molecule has 6 nitrogen and oxygen atoms in total. The van der Waals surface area contributed by atoms with E-state index in [4.69, 9.17) is 0 Å². The topological polar surface area (TPSA) is 84.9 Å². The number of Topliss-reactive ketones (excluding diaryl/α,β-unsaturated/α-hetero) is 1. The van der Waals surface area contributed by atoms with Gasteiger partial charge in [0.05, 0.1) is 4.92 Å². The monoisotopic (exact) mass is 369 g/mol. The molecule has 0 heterocycles. The van der Waals surface area contributed by atoms with Gasteiger partial charge in [0.2, 0.25) is 0 Å². The van der Waals surface area contributed by atoms with Gasteiger partial charge in [0, 0.05) is 17.2 Å². The summed E-state index contributed by atoms with van der Waals surface area (Å²) in [7, 11) is 0. The first-order valence-corrected chi connectivity index (χ1v) is 8.92. The Labute approximate surface area is 160 Å². The molecule has 0 spiro atoms. The third-order valence-corrected chi connectivity index (χ3v) is 4.43. The van der Waals surface area contributed by atoms with Crippen molar-refractivity contribution in [3.8, 4) is 0 Å². The molecule has 0 atom stereocenters. The third kappa shape index (κ3) is 4.56. The van der Waals surface area contributed by atoms with Crippen LogP contribution in [0, 0.1) is 20.9 Å². The van der Waals surface area contributed by atoms with Crippen LogP contribution in [0.5, 0.6) is 0 Å². The van der Waals surface area contributed by atoms with Gasteiger partial charge in [-0.15, -0.1) is 5.11 Å². The Kier molecular flexibility index (Phi) is 5.23. The highest BCUT2D eigenvalue weighted by Gasteiger charge is 2.39. The number of rotatable bonds is 3. The fraction of sp³-hybridized carbons (Fsp3) is 0.476. The van der Waals surface area contributed by atoms with Gasteiger partial charge >= 0.3 is 0 Å². The van der Waals surface area contributed by atoms with E-state index in [1.165, 1.54) is 6.07 Å². The number of nitro benzene ring substituents is 1. The van der Waals surface area contributed by atoms with Crippen molar-refractivity contribution in [2.45, 2.75) is 54.0 Å². The highest BCUT2D eigenvalue weighted by atomic mass is 16.6. The predicted molar refractivity (Wildman–Crippen MR) is 106 cm³/mol. The lowest BCUT2D eigenvalue weighted by molar-refractivity contribution is -0.384. The lowest BCUT2D eigenvalue weighted by Crippen LogP contribution is -2.34. The normalized spacial score (nSPS) is 17.7. The maximum Gasteiger partial charge on any atom is 0.296 e. The predicted octanol–water partition coefficient (Wildman–Crippen LogP) is 5.96. The number of nitro groups is 1. The molecule has 6 heteroatoms. The average molecular weight is 369 g/mol. The van der Waals surface area contributed by atoms with Crippen LogP contribution < -0.4 is 0 Å². The van der Waals surface area contributed by atoms with Crippen LogP contribution >= 0.6 is 0 Å². The minimum Gasteiger partial charge on any atom is -0.289 e. The van der Waals surface area contributed by atoms with Crippen LogP contribution in [0.25, 0.3) is 0 Å². The van der Waals surface area contributed by atoms with Crippen molar-refractivity contribution in [3.63, 3.8) is 0 Å². The minimum atomic E-state index is -0.858. The molecule has 1 aromatic carbocycles. The Balaban J connectivity index is 2.58. The number of hydrogen-bond acceptors (Lipinski definition) is 5. The van der Waals surface area contributed by atoms with E-state index in [0.717, 1.165) is 0 Å². The molecule has 144 valence electrons. The SMILES string of the molecule is CC1(N=Nc2ccccc2[N+](=O)[O-])C=C(C(C)(C)C)C(=O)C(C(C)(C)C)=C1. The van der Waals surface area contributed by atoms with Gasteiger partial charge in [0.25, 0.3) is 5.69 Å². The lowest BCUT2D eigenvalue weighted by Gasteiger charge is -2.35. The number of carbonyl (C=O) groups excluding carboxylic acids is 1. The Morgan fingerprint density at radius 3 is 1.89 bits per heavy atom. The van der Waals surface area contributed by atoms with Crippen LogP contribution in [-0.2, 0) is 4.79 Å². The molecule has 27 heavy (non-hydrogen) atoms. The number of carbonyl (C=O) groups is 1. The van der Waals surface area contributed by atoms with Crippen LogP contribution in [0.1, 0.15) is 48.5 Å².